The van der Waals surface area contributed by atoms with E-state index in [9.17, 15) is 0 Å². The molecule has 0 aliphatic heterocycles. The van der Waals surface area contributed by atoms with Gasteiger partial charge in [-0.2, -0.15) is 10.2 Å². The molecule has 2 aromatic rings. The molecule has 0 fully saturated rings. The normalized spacial score (nSPS) is 11.5. The van der Waals surface area contributed by atoms with Crippen LogP contribution in [-0.4, -0.2) is 12.4 Å². The first kappa shape index (κ1) is 16.9. The Morgan fingerprint density at radius 1 is 0.773 bits per heavy atom. The van der Waals surface area contributed by atoms with Crippen LogP contribution in [0.2, 0.25) is 0 Å². The predicted molar refractivity (Wildman–Crippen MR) is 104 cm³/mol. The SMILES string of the molecule is CCc1ccccc1C/C=N/N=C/Cc1ccccc1CI. The van der Waals surface area contributed by atoms with Crippen molar-refractivity contribution in [2.75, 3.05) is 0 Å². The van der Waals surface area contributed by atoms with Crippen LogP contribution in [0.1, 0.15) is 29.2 Å². The van der Waals surface area contributed by atoms with Gasteiger partial charge in [0.15, 0.2) is 0 Å². The molecule has 0 saturated heterocycles. The maximum absolute atomic E-state index is 4.16. The average molecular weight is 404 g/mol. The van der Waals surface area contributed by atoms with Crippen LogP contribution in [-0.2, 0) is 23.7 Å². The maximum Gasteiger partial charge on any atom is 0.0314 e. The first-order chi connectivity index (χ1) is 10.8. The van der Waals surface area contributed by atoms with Crippen molar-refractivity contribution in [3.05, 3.63) is 70.8 Å². The average Bonchev–Trinajstić information content (AvgIpc) is 2.58. The maximum atomic E-state index is 4.16. The monoisotopic (exact) mass is 404 g/mol. The van der Waals surface area contributed by atoms with E-state index in [2.05, 4.69) is 88.2 Å². The van der Waals surface area contributed by atoms with Crippen LogP contribution < -0.4 is 0 Å². The highest BCUT2D eigenvalue weighted by Crippen LogP contribution is 2.12. The van der Waals surface area contributed by atoms with Crippen LogP contribution in [0.15, 0.2) is 58.7 Å². The Morgan fingerprint density at radius 3 is 1.73 bits per heavy atom. The fourth-order valence-corrected chi connectivity index (χ4v) is 3.11. The molecule has 0 unspecified atom stereocenters. The van der Waals surface area contributed by atoms with Gasteiger partial charge in [0, 0.05) is 29.7 Å². The zero-order chi connectivity index (χ0) is 15.6. The highest BCUT2D eigenvalue weighted by Gasteiger charge is 1.98. The van der Waals surface area contributed by atoms with Crippen molar-refractivity contribution in [3.8, 4) is 0 Å². The summed E-state index contributed by atoms with van der Waals surface area (Å²) < 4.78 is 1.03. The summed E-state index contributed by atoms with van der Waals surface area (Å²) in [4.78, 5) is 0. The summed E-state index contributed by atoms with van der Waals surface area (Å²) in [7, 11) is 0. The van der Waals surface area contributed by atoms with Gasteiger partial charge in [-0.1, -0.05) is 78.0 Å². The first-order valence-electron chi connectivity index (χ1n) is 7.58. The number of alkyl halides is 1. The lowest BCUT2D eigenvalue weighted by Crippen LogP contribution is -1.93. The van der Waals surface area contributed by atoms with Gasteiger partial charge in [-0.05, 0) is 28.7 Å². The second-order valence-corrected chi connectivity index (χ2v) is 5.79. The molecule has 0 atom stereocenters. The Labute approximate surface area is 146 Å². The van der Waals surface area contributed by atoms with Crippen LogP contribution in [0.3, 0.4) is 0 Å². The van der Waals surface area contributed by atoms with Gasteiger partial charge in [0.2, 0.25) is 0 Å². The highest BCUT2D eigenvalue weighted by molar-refractivity contribution is 14.1. The second kappa shape index (κ2) is 9.51. The molecule has 3 heteroatoms. The van der Waals surface area contributed by atoms with Crippen LogP contribution in [0, 0.1) is 0 Å². The molecule has 0 amide bonds. The topological polar surface area (TPSA) is 24.7 Å². The number of hydrogen-bond acceptors (Lipinski definition) is 2. The van der Waals surface area contributed by atoms with Crippen LogP contribution in [0.25, 0.3) is 0 Å². The lowest BCUT2D eigenvalue weighted by Gasteiger charge is -2.03. The van der Waals surface area contributed by atoms with Crippen LogP contribution >= 0.6 is 22.6 Å². The molecule has 0 radical (unpaired) electrons. The number of rotatable bonds is 7. The molecule has 2 rings (SSSR count). The molecule has 114 valence electrons. The fourth-order valence-electron chi connectivity index (χ4n) is 2.36. The molecule has 22 heavy (non-hydrogen) atoms. The Hall–Kier alpha value is -1.49. The molecule has 0 bridgehead atoms. The minimum absolute atomic E-state index is 0.835. The Kier molecular flexibility index (Phi) is 7.30. The lowest BCUT2D eigenvalue weighted by atomic mass is 10.0. The van der Waals surface area contributed by atoms with Gasteiger partial charge in [0.05, 0.1) is 0 Å². The van der Waals surface area contributed by atoms with Crippen molar-refractivity contribution in [1.82, 2.24) is 0 Å². The minimum atomic E-state index is 0.835. The summed E-state index contributed by atoms with van der Waals surface area (Å²) in [6.07, 6.45) is 6.50. The third-order valence-electron chi connectivity index (χ3n) is 3.61. The number of halogens is 1. The summed E-state index contributed by atoms with van der Waals surface area (Å²) in [5, 5.41) is 8.31. The summed E-state index contributed by atoms with van der Waals surface area (Å²) >= 11 is 2.39. The molecular weight excluding hydrogens is 383 g/mol. The number of nitrogens with zero attached hydrogens (tertiary/aromatic N) is 2. The molecule has 2 nitrogen and oxygen atoms in total. The summed E-state index contributed by atoms with van der Waals surface area (Å²) in [5.41, 5.74) is 5.41. The summed E-state index contributed by atoms with van der Waals surface area (Å²) in [6, 6.07) is 17.0. The molecule has 0 aliphatic rings. The second-order valence-electron chi connectivity index (χ2n) is 5.03. The number of hydrogen-bond donors (Lipinski definition) is 0. The van der Waals surface area contributed by atoms with Crippen molar-refractivity contribution in [2.45, 2.75) is 30.6 Å². The summed E-state index contributed by atoms with van der Waals surface area (Å²) in [5.74, 6) is 0. The van der Waals surface area contributed by atoms with E-state index >= 15 is 0 Å². The van der Waals surface area contributed by atoms with Gasteiger partial charge < -0.3 is 0 Å². The van der Waals surface area contributed by atoms with E-state index < -0.39 is 0 Å². The van der Waals surface area contributed by atoms with Crippen LogP contribution in [0.5, 0.6) is 0 Å². The van der Waals surface area contributed by atoms with Crippen molar-refractivity contribution in [2.24, 2.45) is 10.2 Å². The fraction of sp³-hybridized carbons (Fsp3) is 0.263. The van der Waals surface area contributed by atoms with Crippen LogP contribution in [0.4, 0.5) is 0 Å². The van der Waals surface area contributed by atoms with Crippen molar-refractivity contribution in [1.29, 1.82) is 0 Å². The Morgan fingerprint density at radius 2 is 1.23 bits per heavy atom. The first-order valence-corrected chi connectivity index (χ1v) is 9.10. The highest BCUT2D eigenvalue weighted by atomic mass is 127. The van der Waals surface area contributed by atoms with Crippen molar-refractivity contribution in [3.63, 3.8) is 0 Å². The molecular formula is C19H21IN2. The van der Waals surface area contributed by atoms with Gasteiger partial charge in [-0.3, -0.25) is 0 Å². The minimum Gasteiger partial charge on any atom is -0.164 e. The van der Waals surface area contributed by atoms with E-state index in [4.69, 9.17) is 0 Å². The standard InChI is InChI=1S/C19H21IN2/c1-2-16-7-3-4-8-17(16)11-13-21-22-14-12-18-9-5-6-10-19(18)15-20/h3-10,13-14H,2,11-12,15H2,1H3/b21-13+,22-14+. The van der Waals surface area contributed by atoms with Gasteiger partial charge in [-0.25, -0.2) is 0 Å². The molecule has 0 aromatic heterocycles. The molecule has 0 heterocycles. The largest absolute Gasteiger partial charge is 0.164 e. The van der Waals surface area contributed by atoms with Gasteiger partial charge in [0.1, 0.15) is 0 Å². The zero-order valence-electron chi connectivity index (χ0n) is 12.9. The van der Waals surface area contributed by atoms with Crippen molar-refractivity contribution < 1.29 is 0 Å². The van der Waals surface area contributed by atoms with E-state index in [0.717, 1.165) is 23.7 Å². The van der Waals surface area contributed by atoms with E-state index in [1.54, 1.807) is 0 Å². The molecule has 2 aromatic carbocycles. The van der Waals surface area contributed by atoms with Crippen molar-refractivity contribution >= 4 is 35.0 Å². The quantitative estimate of drug-likeness (QED) is 0.268. The summed E-state index contributed by atoms with van der Waals surface area (Å²) in [6.45, 7) is 2.18. The Bertz CT molecular complexity index is 590. The number of benzene rings is 2. The van der Waals surface area contributed by atoms with E-state index in [1.807, 2.05) is 12.4 Å². The molecule has 0 saturated carbocycles. The molecule has 0 spiro atoms. The van der Waals surface area contributed by atoms with E-state index in [0.29, 0.717) is 0 Å². The third-order valence-corrected chi connectivity index (χ3v) is 4.44. The van der Waals surface area contributed by atoms with E-state index in [-0.39, 0.29) is 0 Å². The lowest BCUT2D eigenvalue weighted by molar-refractivity contribution is 1.09. The van der Waals surface area contributed by atoms with Gasteiger partial charge in [-0.15, -0.1) is 0 Å². The predicted octanol–water partition coefficient (Wildman–Crippen LogP) is 5.03. The third kappa shape index (κ3) is 5.05. The number of aryl methyl sites for hydroxylation is 1. The smallest absolute Gasteiger partial charge is 0.0314 e. The zero-order valence-corrected chi connectivity index (χ0v) is 15.0. The van der Waals surface area contributed by atoms with Gasteiger partial charge in [0.25, 0.3) is 0 Å². The Balaban J connectivity index is 1.87. The van der Waals surface area contributed by atoms with E-state index in [1.165, 1.54) is 22.3 Å². The molecule has 0 aliphatic carbocycles. The molecule has 0 N–H and O–H groups in total. The van der Waals surface area contributed by atoms with Gasteiger partial charge >= 0.3 is 0 Å².